The number of hydrogen-bond acceptors (Lipinski definition) is 5. The van der Waals surface area contributed by atoms with Crippen molar-refractivity contribution in [2.45, 2.75) is 20.3 Å². The number of amides is 1. The zero-order chi connectivity index (χ0) is 18.1. The third-order valence-electron chi connectivity index (χ3n) is 4.95. The van der Waals surface area contributed by atoms with Crippen LogP contribution in [0.15, 0.2) is 40.9 Å². The van der Waals surface area contributed by atoms with Crippen molar-refractivity contribution in [3.8, 4) is 0 Å². The lowest BCUT2D eigenvalue weighted by atomic mass is 10.1. The Labute approximate surface area is 152 Å². The SMILES string of the molecule is Cc1cc(C(=O)NCC2CCN(c3ccccc3)C2)c2c(C)noc2n1. The molecule has 2 aromatic heterocycles. The number of nitrogens with zero attached hydrogens (tertiary/aromatic N) is 3. The highest BCUT2D eigenvalue weighted by Gasteiger charge is 2.24. The second-order valence-electron chi connectivity index (χ2n) is 6.91. The van der Waals surface area contributed by atoms with Crippen molar-refractivity contribution in [2.24, 2.45) is 5.92 Å². The van der Waals surface area contributed by atoms with E-state index < -0.39 is 0 Å². The number of benzene rings is 1. The molecule has 1 amide bonds. The van der Waals surface area contributed by atoms with E-state index in [4.69, 9.17) is 4.52 Å². The highest BCUT2D eigenvalue weighted by Crippen LogP contribution is 2.24. The van der Waals surface area contributed by atoms with E-state index in [1.54, 1.807) is 6.07 Å². The van der Waals surface area contributed by atoms with Gasteiger partial charge in [0.2, 0.25) is 0 Å². The number of carbonyl (C=O) groups excluding carboxylic acids is 1. The van der Waals surface area contributed by atoms with E-state index >= 15 is 0 Å². The number of aromatic nitrogens is 2. The standard InChI is InChI=1S/C20H22N4O2/c1-13-10-17(18-14(2)23-26-20(18)22-13)19(25)21-11-15-8-9-24(12-15)16-6-4-3-5-7-16/h3-7,10,15H,8-9,11-12H2,1-2H3,(H,21,25). The molecule has 0 radical (unpaired) electrons. The summed E-state index contributed by atoms with van der Waals surface area (Å²) in [6, 6.07) is 12.2. The Morgan fingerprint density at radius 1 is 1.31 bits per heavy atom. The first-order valence-corrected chi connectivity index (χ1v) is 8.93. The number of nitrogens with one attached hydrogen (secondary N) is 1. The number of aryl methyl sites for hydroxylation is 2. The maximum Gasteiger partial charge on any atom is 0.258 e. The molecule has 6 nitrogen and oxygen atoms in total. The lowest BCUT2D eigenvalue weighted by molar-refractivity contribution is 0.0949. The molecule has 0 bridgehead atoms. The molecular weight excluding hydrogens is 328 g/mol. The normalized spacial score (nSPS) is 17.0. The van der Waals surface area contributed by atoms with Crippen molar-refractivity contribution in [2.75, 3.05) is 24.5 Å². The summed E-state index contributed by atoms with van der Waals surface area (Å²) in [7, 11) is 0. The van der Waals surface area contributed by atoms with Gasteiger partial charge in [-0.2, -0.15) is 0 Å². The molecule has 134 valence electrons. The average molecular weight is 350 g/mol. The summed E-state index contributed by atoms with van der Waals surface area (Å²) in [6.07, 6.45) is 1.08. The first kappa shape index (κ1) is 16.6. The van der Waals surface area contributed by atoms with Crippen LogP contribution < -0.4 is 10.2 Å². The van der Waals surface area contributed by atoms with Crippen LogP contribution in [0.1, 0.15) is 28.2 Å². The van der Waals surface area contributed by atoms with Crippen molar-refractivity contribution in [3.05, 3.63) is 53.3 Å². The molecule has 3 aromatic rings. The fourth-order valence-electron chi connectivity index (χ4n) is 3.60. The van der Waals surface area contributed by atoms with Crippen molar-refractivity contribution in [3.63, 3.8) is 0 Å². The van der Waals surface area contributed by atoms with E-state index in [-0.39, 0.29) is 5.91 Å². The van der Waals surface area contributed by atoms with Gasteiger partial charge in [0, 0.05) is 31.0 Å². The first-order chi connectivity index (χ1) is 12.6. The van der Waals surface area contributed by atoms with Gasteiger partial charge in [-0.05, 0) is 44.4 Å². The Morgan fingerprint density at radius 3 is 2.92 bits per heavy atom. The molecule has 0 saturated carbocycles. The smallest absolute Gasteiger partial charge is 0.258 e. The second-order valence-corrected chi connectivity index (χ2v) is 6.91. The molecule has 6 heteroatoms. The molecule has 1 N–H and O–H groups in total. The molecule has 1 saturated heterocycles. The number of hydrogen-bond donors (Lipinski definition) is 1. The molecule has 1 aliphatic rings. The molecular formula is C20H22N4O2. The summed E-state index contributed by atoms with van der Waals surface area (Å²) in [5.74, 6) is 0.353. The predicted molar refractivity (Wildman–Crippen MR) is 100 cm³/mol. The van der Waals surface area contributed by atoms with Crippen molar-refractivity contribution >= 4 is 22.7 Å². The maximum atomic E-state index is 12.7. The Balaban J connectivity index is 1.43. The number of para-hydroxylation sites is 1. The topological polar surface area (TPSA) is 71.3 Å². The zero-order valence-corrected chi connectivity index (χ0v) is 15.0. The quantitative estimate of drug-likeness (QED) is 0.783. The Hall–Kier alpha value is -2.89. The van der Waals surface area contributed by atoms with Crippen LogP contribution in [-0.2, 0) is 0 Å². The molecule has 1 atom stereocenters. The lowest BCUT2D eigenvalue weighted by Crippen LogP contribution is -2.31. The minimum atomic E-state index is -0.0926. The van der Waals surface area contributed by atoms with Gasteiger partial charge in [-0.1, -0.05) is 23.4 Å². The van der Waals surface area contributed by atoms with Crippen LogP contribution in [0.3, 0.4) is 0 Å². The first-order valence-electron chi connectivity index (χ1n) is 8.93. The number of anilines is 1. The predicted octanol–water partition coefficient (Wildman–Crippen LogP) is 3.10. The minimum Gasteiger partial charge on any atom is -0.371 e. The van der Waals surface area contributed by atoms with Crippen LogP contribution in [0.2, 0.25) is 0 Å². The minimum absolute atomic E-state index is 0.0926. The number of carbonyl (C=O) groups is 1. The van der Waals surface area contributed by atoms with E-state index in [0.717, 1.165) is 25.2 Å². The van der Waals surface area contributed by atoms with E-state index in [1.807, 2.05) is 19.9 Å². The Bertz CT molecular complexity index is 936. The molecule has 3 heterocycles. The van der Waals surface area contributed by atoms with Crippen molar-refractivity contribution < 1.29 is 9.32 Å². The van der Waals surface area contributed by atoms with Gasteiger partial charge in [0.25, 0.3) is 11.6 Å². The van der Waals surface area contributed by atoms with Gasteiger partial charge in [0.15, 0.2) is 0 Å². The highest BCUT2D eigenvalue weighted by atomic mass is 16.5. The third kappa shape index (κ3) is 3.14. The number of rotatable bonds is 4. The largest absolute Gasteiger partial charge is 0.371 e. The lowest BCUT2D eigenvalue weighted by Gasteiger charge is -2.18. The van der Waals surface area contributed by atoms with E-state index in [0.29, 0.717) is 34.8 Å². The van der Waals surface area contributed by atoms with Gasteiger partial charge in [0.1, 0.15) is 0 Å². The van der Waals surface area contributed by atoms with Crippen LogP contribution in [0.25, 0.3) is 11.1 Å². The monoisotopic (exact) mass is 350 g/mol. The molecule has 26 heavy (non-hydrogen) atoms. The fraction of sp³-hybridized carbons (Fsp3) is 0.350. The molecule has 0 spiro atoms. The van der Waals surface area contributed by atoms with Gasteiger partial charge in [-0.3, -0.25) is 4.79 Å². The van der Waals surface area contributed by atoms with Crippen LogP contribution in [-0.4, -0.2) is 35.7 Å². The maximum absolute atomic E-state index is 12.7. The van der Waals surface area contributed by atoms with Gasteiger partial charge in [-0.25, -0.2) is 4.98 Å². The van der Waals surface area contributed by atoms with E-state index in [9.17, 15) is 4.79 Å². The summed E-state index contributed by atoms with van der Waals surface area (Å²) >= 11 is 0. The molecule has 1 unspecified atom stereocenters. The molecule has 1 aromatic carbocycles. The van der Waals surface area contributed by atoms with Crippen molar-refractivity contribution in [1.29, 1.82) is 0 Å². The zero-order valence-electron chi connectivity index (χ0n) is 15.0. The third-order valence-corrected chi connectivity index (χ3v) is 4.95. The number of fused-ring (bicyclic) bond motifs is 1. The van der Waals surface area contributed by atoms with Gasteiger partial charge in [-0.15, -0.1) is 0 Å². The van der Waals surface area contributed by atoms with E-state index in [2.05, 4.69) is 44.6 Å². The summed E-state index contributed by atoms with van der Waals surface area (Å²) in [5.41, 5.74) is 3.68. The summed E-state index contributed by atoms with van der Waals surface area (Å²) < 4.78 is 5.21. The Morgan fingerprint density at radius 2 is 2.12 bits per heavy atom. The van der Waals surface area contributed by atoms with Crippen LogP contribution >= 0.6 is 0 Å². The molecule has 0 aliphatic carbocycles. The van der Waals surface area contributed by atoms with Crippen LogP contribution in [0.4, 0.5) is 5.69 Å². The highest BCUT2D eigenvalue weighted by molar-refractivity contribution is 6.06. The molecule has 4 rings (SSSR count). The summed E-state index contributed by atoms with van der Waals surface area (Å²) in [5, 5.41) is 7.72. The van der Waals surface area contributed by atoms with Gasteiger partial charge >= 0.3 is 0 Å². The van der Waals surface area contributed by atoms with Gasteiger partial charge < -0.3 is 14.7 Å². The summed E-state index contributed by atoms with van der Waals surface area (Å²) in [4.78, 5) is 19.4. The van der Waals surface area contributed by atoms with Crippen LogP contribution in [0.5, 0.6) is 0 Å². The van der Waals surface area contributed by atoms with Crippen LogP contribution in [0, 0.1) is 19.8 Å². The second kappa shape index (κ2) is 6.78. The number of pyridine rings is 1. The Kier molecular flexibility index (Phi) is 4.32. The molecule has 1 fully saturated rings. The van der Waals surface area contributed by atoms with Gasteiger partial charge in [0.05, 0.1) is 16.6 Å². The van der Waals surface area contributed by atoms with Crippen molar-refractivity contribution in [1.82, 2.24) is 15.5 Å². The average Bonchev–Trinajstić information content (AvgIpc) is 3.27. The fourth-order valence-corrected chi connectivity index (χ4v) is 3.60. The summed E-state index contributed by atoms with van der Waals surface area (Å²) in [6.45, 7) is 6.32. The van der Waals surface area contributed by atoms with E-state index in [1.165, 1.54) is 5.69 Å². The molecule has 1 aliphatic heterocycles.